The van der Waals surface area contributed by atoms with Gasteiger partial charge in [-0.2, -0.15) is 0 Å². The zero-order valence-electron chi connectivity index (χ0n) is 21.3. The second-order valence-electron chi connectivity index (χ2n) is 9.97. The number of hydrogen-bond donors (Lipinski definition) is 1. The number of aromatic hydroxyl groups is 1. The van der Waals surface area contributed by atoms with Gasteiger partial charge < -0.3 is 29.0 Å². The Bertz CT molecular complexity index is 1340. The first-order valence-electron chi connectivity index (χ1n) is 12.2. The third-order valence-corrected chi connectivity index (χ3v) is 8.36. The lowest BCUT2D eigenvalue weighted by Gasteiger charge is -2.56. The number of phenolic OH excluding ortho intramolecular Hbond substituents is 1. The first-order chi connectivity index (χ1) is 17.3. The average Bonchev–Trinajstić information content (AvgIpc) is 3.34. The summed E-state index contributed by atoms with van der Waals surface area (Å²) in [4.78, 5) is 32.2. The molecule has 1 amide bonds. The molecule has 1 unspecified atom stereocenters. The second-order valence-corrected chi connectivity index (χ2v) is 9.97. The van der Waals surface area contributed by atoms with E-state index in [1.54, 1.807) is 4.90 Å². The molecule has 1 N–H and O–H groups in total. The molecule has 6 rings (SSSR count). The Morgan fingerprint density at radius 3 is 2.42 bits per heavy atom. The third kappa shape index (κ3) is 2.64. The van der Waals surface area contributed by atoms with Crippen LogP contribution < -0.4 is 18.9 Å². The molecule has 4 aliphatic rings. The molecule has 2 aromatic carbocycles. The van der Waals surface area contributed by atoms with Gasteiger partial charge in [0.05, 0.1) is 37.9 Å². The molecule has 4 atom stereocenters. The fourth-order valence-corrected chi connectivity index (χ4v) is 6.88. The van der Waals surface area contributed by atoms with E-state index in [0.29, 0.717) is 58.1 Å². The lowest BCUT2D eigenvalue weighted by atomic mass is 9.72. The zero-order chi connectivity index (χ0) is 25.6. The summed E-state index contributed by atoms with van der Waals surface area (Å²) in [7, 11) is 4.91. The quantitative estimate of drug-likeness (QED) is 0.695. The van der Waals surface area contributed by atoms with E-state index in [4.69, 9.17) is 18.9 Å². The summed E-state index contributed by atoms with van der Waals surface area (Å²) in [5.41, 5.74) is 4.07. The summed E-state index contributed by atoms with van der Waals surface area (Å²) in [5, 5.41) is 11.4. The molecule has 36 heavy (non-hydrogen) atoms. The third-order valence-electron chi connectivity index (χ3n) is 8.36. The molecule has 9 nitrogen and oxygen atoms in total. The Balaban J connectivity index is 1.65. The molecular weight excluding hydrogens is 464 g/mol. The summed E-state index contributed by atoms with van der Waals surface area (Å²) in [6.07, 6.45) is 1.01. The molecule has 1 fully saturated rings. The highest BCUT2D eigenvalue weighted by molar-refractivity contribution is 6.10. The number of likely N-dealkylation sites (N-methyl/N-ethyl adjacent to an activating group) is 1. The molecule has 4 aliphatic heterocycles. The van der Waals surface area contributed by atoms with Crippen molar-refractivity contribution < 1.29 is 33.6 Å². The molecule has 0 aliphatic carbocycles. The van der Waals surface area contributed by atoms with Crippen molar-refractivity contribution in [3.05, 3.63) is 39.4 Å². The summed E-state index contributed by atoms with van der Waals surface area (Å²) >= 11 is 0. The molecule has 190 valence electrons. The summed E-state index contributed by atoms with van der Waals surface area (Å²) < 4.78 is 22.9. The predicted octanol–water partition coefficient (Wildman–Crippen LogP) is 3.21. The van der Waals surface area contributed by atoms with Crippen molar-refractivity contribution >= 4 is 11.7 Å². The topological polar surface area (TPSA) is 97.8 Å². The van der Waals surface area contributed by atoms with Crippen LogP contribution in [0.25, 0.3) is 0 Å². The highest BCUT2D eigenvalue weighted by Gasteiger charge is 2.59. The first-order valence-corrected chi connectivity index (χ1v) is 12.2. The smallest absolute Gasteiger partial charge is 0.241 e. The molecule has 0 spiro atoms. The second kappa shape index (κ2) is 7.77. The molecule has 0 saturated carbocycles. The number of rotatable bonds is 3. The normalized spacial score (nSPS) is 25.9. The van der Waals surface area contributed by atoms with Crippen LogP contribution in [0, 0.1) is 13.8 Å². The molecule has 1 saturated heterocycles. The number of piperazine rings is 1. The largest absolute Gasteiger partial charge is 0.504 e. The lowest BCUT2D eigenvalue weighted by molar-refractivity contribution is -0.153. The Morgan fingerprint density at radius 2 is 1.75 bits per heavy atom. The van der Waals surface area contributed by atoms with E-state index in [1.165, 1.54) is 14.2 Å². The van der Waals surface area contributed by atoms with Crippen LogP contribution in [0.2, 0.25) is 0 Å². The number of aryl methyl sites for hydroxylation is 1. The van der Waals surface area contributed by atoms with Crippen LogP contribution in [0.15, 0.2) is 6.07 Å². The van der Waals surface area contributed by atoms with Gasteiger partial charge in [-0.1, -0.05) is 13.0 Å². The maximum atomic E-state index is 14.5. The van der Waals surface area contributed by atoms with Crippen LogP contribution in [0.1, 0.15) is 63.6 Å². The van der Waals surface area contributed by atoms with Gasteiger partial charge in [-0.05, 0) is 44.9 Å². The van der Waals surface area contributed by atoms with Crippen molar-refractivity contribution in [2.24, 2.45) is 0 Å². The SMILES string of the molecule is CC[C@H]1c2c3c(c(C)c(OC)c2C(=O)C2[C@H]4c5c(cc(C)c(OC)c5O)C[C@@H](C(=O)N21)N4C)OCO3. The fourth-order valence-electron chi connectivity index (χ4n) is 6.88. The van der Waals surface area contributed by atoms with E-state index < -0.39 is 24.2 Å². The van der Waals surface area contributed by atoms with Crippen LogP contribution in [0.4, 0.5) is 0 Å². The van der Waals surface area contributed by atoms with E-state index in [2.05, 4.69) is 0 Å². The van der Waals surface area contributed by atoms with E-state index >= 15 is 0 Å². The van der Waals surface area contributed by atoms with Gasteiger partial charge in [0.2, 0.25) is 12.7 Å². The van der Waals surface area contributed by atoms with Gasteiger partial charge in [0.1, 0.15) is 11.8 Å². The molecule has 2 aromatic rings. The van der Waals surface area contributed by atoms with Gasteiger partial charge in [0, 0.05) is 16.7 Å². The van der Waals surface area contributed by atoms with E-state index in [0.717, 1.165) is 11.1 Å². The van der Waals surface area contributed by atoms with Gasteiger partial charge in [0.25, 0.3) is 0 Å². The number of fused-ring (bicyclic) bond motifs is 9. The number of ketones is 1. The number of carbonyl (C=O) groups is 2. The average molecular weight is 495 g/mol. The van der Waals surface area contributed by atoms with E-state index in [1.807, 2.05) is 38.8 Å². The van der Waals surface area contributed by atoms with Crippen molar-refractivity contribution in [3.63, 3.8) is 0 Å². The van der Waals surface area contributed by atoms with Crippen molar-refractivity contribution in [1.29, 1.82) is 0 Å². The predicted molar refractivity (Wildman–Crippen MR) is 129 cm³/mol. The number of ether oxygens (including phenoxy) is 4. The number of phenols is 1. The summed E-state index contributed by atoms with van der Waals surface area (Å²) in [5.74, 6) is 1.59. The zero-order valence-corrected chi connectivity index (χ0v) is 21.3. The maximum absolute atomic E-state index is 14.5. The van der Waals surface area contributed by atoms with Gasteiger partial charge in [0.15, 0.2) is 28.8 Å². The van der Waals surface area contributed by atoms with Gasteiger partial charge in [-0.3, -0.25) is 14.5 Å². The molecule has 0 aromatic heterocycles. The number of nitrogens with zero attached hydrogens (tertiary/aromatic N) is 2. The number of Topliss-reactive ketones (excluding diaryl/α,β-unsaturated/α-hetero) is 1. The van der Waals surface area contributed by atoms with Crippen molar-refractivity contribution in [1.82, 2.24) is 9.80 Å². The Morgan fingerprint density at radius 1 is 1.06 bits per heavy atom. The van der Waals surface area contributed by atoms with Gasteiger partial charge in [-0.25, -0.2) is 0 Å². The standard InChI is InChI=1S/C27H30N2O7/c1-7-14-17-18(24(34-6)12(3)25-26(17)36-10-35-25)21(30)20-19-16-13(8-11(2)23(33-5)22(16)31)9-15(28(19)4)27(32)29(14)20/h8,14-15,19-20,31H,7,9-10H2,1-6H3/t14-,15-,19+,20?/m0/s1. The number of amides is 1. The van der Waals surface area contributed by atoms with Crippen molar-refractivity contribution in [2.75, 3.05) is 28.1 Å². The molecule has 2 bridgehead atoms. The summed E-state index contributed by atoms with van der Waals surface area (Å²) in [6.45, 7) is 5.75. The number of methoxy groups -OCH3 is 2. The highest BCUT2D eigenvalue weighted by atomic mass is 16.7. The Labute approximate surface area is 209 Å². The minimum Gasteiger partial charge on any atom is -0.504 e. The number of carbonyl (C=O) groups excluding carboxylic acids is 2. The summed E-state index contributed by atoms with van der Waals surface area (Å²) in [6, 6.07) is -0.286. The minimum absolute atomic E-state index is 0.0255. The lowest BCUT2D eigenvalue weighted by Crippen LogP contribution is -2.68. The molecular formula is C27H30N2O7. The number of benzene rings is 2. The van der Waals surface area contributed by atoms with E-state index in [-0.39, 0.29) is 24.2 Å². The fraction of sp³-hybridized carbons (Fsp3) is 0.481. The van der Waals surface area contributed by atoms with Crippen LogP contribution in [0.3, 0.4) is 0 Å². The maximum Gasteiger partial charge on any atom is 0.241 e. The number of hydrogen-bond acceptors (Lipinski definition) is 8. The minimum atomic E-state index is -0.845. The van der Waals surface area contributed by atoms with Gasteiger partial charge in [-0.15, -0.1) is 0 Å². The van der Waals surface area contributed by atoms with Crippen LogP contribution in [-0.4, -0.2) is 66.7 Å². The van der Waals surface area contributed by atoms with Crippen molar-refractivity contribution in [2.45, 2.75) is 57.8 Å². The van der Waals surface area contributed by atoms with Crippen LogP contribution in [0.5, 0.6) is 28.7 Å². The molecule has 4 heterocycles. The van der Waals surface area contributed by atoms with Crippen LogP contribution >= 0.6 is 0 Å². The highest BCUT2D eigenvalue weighted by Crippen LogP contribution is 2.57. The van der Waals surface area contributed by atoms with E-state index in [9.17, 15) is 14.7 Å². The van der Waals surface area contributed by atoms with Crippen molar-refractivity contribution in [3.8, 4) is 28.7 Å². The Kier molecular flexibility index (Phi) is 4.96. The molecule has 0 radical (unpaired) electrons. The van der Waals surface area contributed by atoms with Gasteiger partial charge >= 0.3 is 0 Å². The first kappa shape index (κ1) is 23.0. The monoisotopic (exact) mass is 494 g/mol. The van der Waals surface area contributed by atoms with Crippen LogP contribution in [-0.2, 0) is 11.2 Å². The molecule has 9 heteroatoms. The Hall–Kier alpha value is -3.46.